The Morgan fingerprint density at radius 1 is 1.38 bits per heavy atom. The summed E-state index contributed by atoms with van der Waals surface area (Å²) in [5.74, 6) is 2.21. The van der Waals surface area contributed by atoms with Crippen LogP contribution in [0.3, 0.4) is 0 Å². The number of nitrogens with zero attached hydrogens (tertiary/aromatic N) is 3. The smallest absolute Gasteiger partial charge is 0.164 e. The Hall–Kier alpha value is -1.40. The number of nitrogens with one attached hydrogen (secondary N) is 1. The van der Waals surface area contributed by atoms with Crippen LogP contribution in [0.2, 0.25) is 0 Å². The molecule has 0 aliphatic rings. The number of benzene rings is 1. The topological polar surface area (TPSA) is 52.0 Å². The van der Waals surface area contributed by atoms with Gasteiger partial charge in [-0.1, -0.05) is 29.8 Å². The predicted octanol–water partition coefficient (Wildman–Crippen LogP) is 3.00. The lowest BCUT2D eigenvalue weighted by Crippen LogP contribution is -2.12. The lowest BCUT2D eigenvalue weighted by molar-refractivity contribution is 0.282. The van der Waals surface area contributed by atoms with Crippen LogP contribution in [0, 0.1) is 5.92 Å². The fourth-order valence-corrected chi connectivity index (χ4v) is 2.40. The van der Waals surface area contributed by atoms with Crippen LogP contribution in [0.25, 0.3) is 0 Å². The number of rotatable bonds is 7. The minimum absolute atomic E-state index is 0.424. The molecular formula is C15H21BrN4O. The average molecular weight is 353 g/mol. The Balaban J connectivity index is 2.03. The highest BCUT2D eigenvalue weighted by atomic mass is 79.9. The molecule has 1 heterocycles. The SMILES string of the molecule is CNCc1cc(OCc2ncnn2CC(C)C)ccc1Br. The van der Waals surface area contributed by atoms with Gasteiger partial charge in [-0.3, -0.25) is 0 Å². The third-order valence-electron chi connectivity index (χ3n) is 2.99. The van der Waals surface area contributed by atoms with E-state index in [0.29, 0.717) is 12.5 Å². The molecule has 1 aromatic heterocycles. The molecule has 0 radical (unpaired) electrons. The van der Waals surface area contributed by atoms with Gasteiger partial charge in [-0.25, -0.2) is 9.67 Å². The highest BCUT2D eigenvalue weighted by Crippen LogP contribution is 2.23. The van der Waals surface area contributed by atoms with Crippen LogP contribution < -0.4 is 10.1 Å². The summed E-state index contributed by atoms with van der Waals surface area (Å²) in [4.78, 5) is 4.27. The van der Waals surface area contributed by atoms with Gasteiger partial charge in [0.15, 0.2) is 5.82 Å². The van der Waals surface area contributed by atoms with Crippen molar-refractivity contribution in [3.63, 3.8) is 0 Å². The molecule has 21 heavy (non-hydrogen) atoms. The molecule has 1 aromatic carbocycles. The van der Waals surface area contributed by atoms with Crippen molar-refractivity contribution >= 4 is 15.9 Å². The van der Waals surface area contributed by atoms with Crippen LogP contribution in [-0.4, -0.2) is 21.8 Å². The van der Waals surface area contributed by atoms with Gasteiger partial charge in [0, 0.05) is 17.6 Å². The molecule has 114 valence electrons. The Morgan fingerprint density at radius 2 is 2.19 bits per heavy atom. The molecule has 0 fully saturated rings. The molecule has 0 saturated carbocycles. The molecular weight excluding hydrogens is 332 g/mol. The van der Waals surface area contributed by atoms with E-state index in [2.05, 4.69) is 45.2 Å². The minimum Gasteiger partial charge on any atom is -0.486 e. The highest BCUT2D eigenvalue weighted by molar-refractivity contribution is 9.10. The first-order valence-corrected chi connectivity index (χ1v) is 7.82. The Morgan fingerprint density at radius 3 is 2.90 bits per heavy atom. The van der Waals surface area contributed by atoms with Crippen molar-refractivity contribution in [2.45, 2.75) is 33.5 Å². The highest BCUT2D eigenvalue weighted by Gasteiger charge is 2.08. The van der Waals surface area contributed by atoms with E-state index in [0.717, 1.165) is 29.1 Å². The molecule has 0 spiro atoms. The lowest BCUT2D eigenvalue weighted by atomic mass is 10.2. The number of ether oxygens (including phenoxy) is 1. The molecule has 1 N–H and O–H groups in total. The molecule has 0 unspecified atom stereocenters. The first kappa shape index (κ1) is 16.0. The van der Waals surface area contributed by atoms with Gasteiger partial charge in [-0.2, -0.15) is 5.10 Å². The zero-order valence-corrected chi connectivity index (χ0v) is 14.2. The second kappa shape index (κ2) is 7.56. The van der Waals surface area contributed by atoms with Crippen LogP contribution in [0.4, 0.5) is 0 Å². The molecule has 5 nitrogen and oxygen atoms in total. The molecule has 2 rings (SSSR count). The first-order chi connectivity index (χ1) is 10.1. The zero-order valence-electron chi connectivity index (χ0n) is 12.6. The number of hydrogen-bond acceptors (Lipinski definition) is 4. The molecule has 0 saturated heterocycles. The number of halogens is 1. The summed E-state index contributed by atoms with van der Waals surface area (Å²) in [6.45, 7) is 6.38. The number of hydrogen-bond donors (Lipinski definition) is 1. The Bertz CT molecular complexity index is 583. The number of aromatic nitrogens is 3. The van der Waals surface area contributed by atoms with E-state index in [9.17, 15) is 0 Å². The van der Waals surface area contributed by atoms with Crippen molar-refractivity contribution in [2.75, 3.05) is 7.05 Å². The molecule has 0 amide bonds. The largest absolute Gasteiger partial charge is 0.486 e. The lowest BCUT2D eigenvalue weighted by Gasteiger charge is -2.11. The van der Waals surface area contributed by atoms with Gasteiger partial charge < -0.3 is 10.1 Å². The van der Waals surface area contributed by atoms with Crippen molar-refractivity contribution in [1.82, 2.24) is 20.1 Å². The molecule has 0 bridgehead atoms. The van der Waals surface area contributed by atoms with Crippen LogP contribution in [0.15, 0.2) is 29.0 Å². The van der Waals surface area contributed by atoms with E-state index in [1.807, 2.05) is 29.9 Å². The van der Waals surface area contributed by atoms with Crippen molar-refractivity contribution in [1.29, 1.82) is 0 Å². The molecule has 6 heteroatoms. The van der Waals surface area contributed by atoms with E-state index in [4.69, 9.17) is 4.74 Å². The maximum absolute atomic E-state index is 5.84. The third kappa shape index (κ3) is 4.54. The summed E-state index contributed by atoms with van der Waals surface area (Å²) >= 11 is 3.54. The molecule has 0 aliphatic heterocycles. The van der Waals surface area contributed by atoms with Crippen molar-refractivity contribution < 1.29 is 4.74 Å². The van der Waals surface area contributed by atoms with Gasteiger partial charge in [0.25, 0.3) is 0 Å². The molecule has 0 atom stereocenters. The summed E-state index contributed by atoms with van der Waals surface area (Å²) < 4.78 is 8.82. The average Bonchev–Trinajstić information content (AvgIpc) is 2.86. The maximum atomic E-state index is 5.84. The van der Waals surface area contributed by atoms with Gasteiger partial charge in [0.1, 0.15) is 18.7 Å². The van der Waals surface area contributed by atoms with Crippen molar-refractivity contribution in [2.24, 2.45) is 5.92 Å². The zero-order chi connectivity index (χ0) is 15.2. The monoisotopic (exact) mass is 352 g/mol. The van der Waals surface area contributed by atoms with Crippen molar-refractivity contribution in [3.05, 3.63) is 40.4 Å². The van der Waals surface area contributed by atoms with Gasteiger partial charge in [-0.15, -0.1) is 0 Å². The van der Waals surface area contributed by atoms with Gasteiger partial charge in [0.2, 0.25) is 0 Å². The van der Waals surface area contributed by atoms with E-state index < -0.39 is 0 Å². The van der Waals surface area contributed by atoms with Crippen LogP contribution >= 0.6 is 15.9 Å². The van der Waals surface area contributed by atoms with Gasteiger partial charge in [0.05, 0.1) is 0 Å². The summed E-state index contributed by atoms with van der Waals surface area (Å²) in [6, 6.07) is 5.98. The summed E-state index contributed by atoms with van der Waals surface area (Å²) in [5.41, 5.74) is 1.17. The van der Waals surface area contributed by atoms with E-state index >= 15 is 0 Å². The normalized spacial score (nSPS) is 11.1. The summed E-state index contributed by atoms with van der Waals surface area (Å²) in [6.07, 6.45) is 1.58. The first-order valence-electron chi connectivity index (χ1n) is 7.02. The molecule has 2 aromatic rings. The van der Waals surface area contributed by atoms with Crippen LogP contribution in [0.1, 0.15) is 25.2 Å². The second-order valence-electron chi connectivity index (χ2n) is 5.32. The standard InChI is InChI=1S/C15H21BrN4O/c1-11(2)8-20-15(18-10-19-20)9-21-13-4-5-14(16)12(6-13)7-17-3/h4-6,10-11,17H,7-9H2,1-3H3. The van der Waals surface area contributed by atoms with Crippen LogP contribution in [-0.2, 0) is 19.7 Å². The predicted molar refractivity (Wildman–Crippen MR) is 86.1 cm³/mol. The van der Waals surface area contributed by atoms with Crippen molar-refractivity contribution in [3.8, 4) is 5.75 Å². The maximum Gasteiger partial charge on any atom is 0.164 e. The minimum atomic E-state index is 0.424. The third-order valence-corrected chi connectivity index (χ3v) is 3.76. The summed E-state index contributed by atoms with van der Waals surface area (Å²) in [7, 11) is 1.92. The Labute approximate surface area is 133 Å². The van der Waals surface area contributed by atoms with E-state index in [-0.39, 0.29) is 0 Å². The fraction of sp³-hybridized carbons (Fsp3) is 0.467. The van der Waals surface area contributed by atoms with Gasteiger partial charge >= 0.3 is 0 Å². The summed E-state index contributed by atoms with van der Waals surface area (Å²) in [5, 5.41) is 7.38. The van der Waals surface area contributed by atoms with E-state index in [1.54, 1.807) is 6.33 Å². The Kier molecular flexibility index (Phi) is 5.76. The van der Waals surface area contributed by atoms with Crippen LogP contribution in [0.5, 0.6) is 5.75 Å². The quantitative estimate of drug-likeness (QED) is 0.832. The molecule has 0 aliphatic carbocycles. The second-order valence-corrected chi connectivity index (χ2v) is 6.18. The van der Waals surface area contributed by atoms with E-state index in [1.165, 1.54) is 5.56 Å². The van der Waals surface area contributed by atoms with Gasteiger partial charge in [-0.05, 0) is 36.7 Å². The fourth-order valence-electron chi connectivity index (χ4n) is 2.01.